The average Bonchev–Trinajstić information content (AvgIpc) is 2.26. The lowest BCUT2D eigenvalue weighted by atomic mass is 9.91. The molecule has 0 bridgehead atoms. The van der Waals surface area contributed by atoms with Gasteiger partial charge in [0.25, 0.3) is 0 Å². The first-order valence-corrected chi connectivity index (χ1v) is 5.16. The SMILES string of the molecule is CC(C)(C#N)CCNCc1ccccn1. The molecule has 0 aliphatic carbocycles. The van der Waals surface area contributed by atoms with Crippen LogP contribution in [0.3, 0.4) is 0 Å². The van der Waals surface area contributed by atoms with Crippen molar-refractivity contribution in [2.24, 2.45) is 5.41 Å². The fraction of sp³-hybridized carbons (Fsp3) is 0.500. The molecule has 1 heterocycles. The molecular formula is C12H17N3. The van der Waals surface area contributed by atoms with Gasteiger partial charge in [0.15, 0.2) is 0 Å². The molecule has 0 amide bonds. The largest absolute Gasteiger partial charge is 0.311 e. The van der Waals surface area contributed by atoms with Gasteiger partial charge >= 0.3 is 0 Å². The number of hydrogen-bond acceptors (Lipinski definition) is 3. The first kappa shape index (κ1) is 11.7. The third-order valence-corrected chi connectivity index (χ3v) is 2.26. The Hall–Kier alpha value is -1.40. The summed E-state index contributed by atoms with van der Waals surface area (Å²) >= 11 is 0. The van der Waals surface area contributed by atoms with E-state index in [1.807, 2.05) is 32.0 Å². The highest BCUT2D eigenvalue weighted by Gasteiger charge is 2.15. The lowest BCUT2D eigenvalue weighted by Gasteiger charge is -2.14. The Labute approximate surface area is 91.1 Å². The Kier molecular flexibility index (Phi) is 4.26. The first-order valence-electron chi connectivity index (χ1n) is 5.16. The number of pyridine rings is 1. The van der Waals surface area contributed by atoms with Gasteiger partial charge in [0.05, 0.1) is 17.2 Å². The van der Waals surface area contributed by atoms with Crippen LogP contribution < -0.4 is 5.32 Å². The van der Waals surface area contributed by atoms with Gasteiger partial charge < -0.3 is 5.32 Å². The minimum absolute atomic E-state index is 0.239. The molecule has 0 aliphatic rings. The summed E-state index contributed by atoms with van der Waals surface area (Å²) in [6.45, 7) is 5.52. The molecule has 1 rings (SSSR count). The Balaban J connectivity index is 2.21. The van der Waals surface area contributed by atoms with Crippen molar-refractivity contribution in [2.45, 2.75) is 26.8 Å². The molecule has 0 atom stereocenters. The minimum atomic E-state index is -0.239. The highest BCUT2D eigenvalue weighted by Crippen LogP contribution is 2.17. The number of nitrogens with zero attached hydrogens (tertiary/aromatic N) is 2. The number of aromatic nitrogens is 1. The highest BCUT2D eigenvalue weighted by atomic mass is 14.9. The second kappa shape index (κ2) is 5.47. The standard InChI is InChI=1S/C12H17N3/c1-12(2,10-13)6-8-14-9-11-5-3-4-7-15-11/h3-5,7,14H,6,8-9H2,1-2H3. The van der Waals surface area contributed by atoms with Crippen LogP contribution in [0.15, 0.2) is 24.4 Å². The van der Waals surface area contributed by atoms with Crippen LogP contribution >= 0.6 is 0 Å². The van der Waals surface area contributed by atoms with Crippen molar-refractivity contribution in [3.05, 3.63) is 30.1 Å². The molecule has 3 nitrogen and oxygen atoms in total. The van der Waals surface area contributed by atoms with Gasteiger partial charge in [-0.1, -0.05) is 6.07 Å². The van der Waals surface area contributed by atoms with Gasteiger partial charge in [-0.25, -0.2) is 0 Å². The number of nitrogens with one attached hydrogen (secondary N) is 1. The molecule has 1 N–H and O–H groups in total. The van der Waals surface area contributed by atoms with Crippen LogP contribution in [0.5, 0.6) is 0 Å². The van der Waals surface area contributed by atoms with E-state index in [-0.39, 0.29) is 5.41 Å². The second-order valence-corrected chi connectivity index (χ2v) is 4.24. The molecule has 0 aliphatic heterocycles. The van der Waals surface area contributed by atoms with Crippen molar-refractivity contribution in [1.29, 1.82) is 5.26 Å². The van der Waals surface area contributed by atoms with Crippen molar-refractivity contribution < 1.29 is 0 Å². The maximum atomic E-state index is 8.82. The summed E-state index contributed by atoms with van der Waals surface area (Å²) in [4.78, 5) is 4.21. The summed E-state index contributed by atoms with van der Waals surface area (Å²) in [5.74, 6) is 0. The first-order chi connectivity index (χ1) is 7.14. The van der Waals surface area contributed by atoms with Crippen LogP contribution in [0, 0.1) is 16.7 Å². The molecule has 0 radical (unpaired) electrons. The third-order valence-electron chi connectivity index (χ3n) is 2.26. The van der Waals surface area contributed by atoms with Crippen molar-refractivity contribution in [3.63, 3.8) is 0 Å². The summed E-state index contributed by atoms with van der Waals surface area (Å²) in [7, 11) is 0. The Morgan fingerprint density at radius 2 is 2.27 bits per heavy atom. The van der Waals surface area contributed by atoms with Crippen LogP contribution in [0.1, 0.15) is 26.0 Å². The highest BCUT2D eigenvalue weighted by molar-refractivity contribution is 5.03. The molecule has 0 saturated carbocycles. The van der Waals surface area contributed by atoms with E-state index < -0.39 is 0 Å². The van der Waals surface area contributed by atoms with E-state index in [2.05, 4.69) is 16.4 Å². The monoisotopic (exact) mass is 203 g/mol. The van der Waals surface area contributed by atoms with Gasteiger partial charge in [-0.15, -0.1) is 0 Å². The zero-order chi connectivity index (χ0) is 11.1. The lowest BCUT2D eigenvalue weighted by molar-refractivity contribution is 0.431. The van der Waals surface area contributed by atoms with Crippen LogP contribution in [0.4, 0.5) is 0 Å². The van der Waals surface area contributed by atoms with Crippen molar-refractivity contribution in [1.82, 2.24) is 10.3 Å². The zero-order valence-electron chi connectivity index (χ0n) is 9.33. The van der Waals surface area contributed by atoms with E-state index in [0.29, 0.717) is 0 Å². The number of hydrogen-bond donors (Lipinski definition) is 1. The lowest BCUT2D eigenvalue weighted by Crippen LogP contribution is -2.21. The van der Waals surface area contributed by atoms with Gasteiger partial charge in [-0.3, -0.25) is 4.98 Å². The molecule has 1 aromatic heterocycles. The van der Waals surface area contributed by atoms with Gasteiger partial charge in [0.1, 0.15) is 0 Å². The summed E-state index contributed by atoms with van der Waals surface area (Å²) < 4.78 is 0. The maximum absolute atomic E-state index is 8.82. The zero-order valence-corrected chi connectivity index (χ0v) is 9.33. The van der Waals surface area contributed by atoms with E-state index >= 15 is 0 Å². The Morgan fingerprint density at radius 1 is 1.47 bits per heavy atom. The topological polar surface area (TPSA) is 48.7 Å². The summed E-state index contributed by atoms with van der Waals surface area (Å²) in [5, 5.41) is 12.1. The molecule has 3 heteroatoms. The summed E-state index contributed by atoms with van der Waals surface area (Å²) in [6, 6.07) is 8.15. The summed E-state index contributed by atoms with van der Waals surface area (Å²) in [5.41, 5.74) is 0.796. The van der Waals surface area contributed by atoms with Crippen LogP contribution in [-0.2, 0) is 6.54 Å². The van der Waals surface area contributed by atoms with Crippen molar-refractivity contribution in [3.8, 4) is 6.07 Å². The van der Waals surface area contributed by atoms with Crippen molar-refractivity contribution in [2.75, 3.05) is 6.54 Å². The normalized spacial score (nSPS) is 11.0. The number of nitriles is 1. The predicted molar refractivity (Wildman–Crippen MR) is 60.0 cm³/mol. The van der Waals surface area contributed by atoms with Gasteiger partial charge in [-0.05, 0) is 38.9 Å². The molecule has 15 heavy (non-hydrogen) atoms. The van der Waals surface area contributed by atoms with E-state index in [1.54, 1.807) is 6.20 Å². The molecule has 0 saturated heterocycles. The molecule has 80 valence electrons. The van der Waals surface area contributed by atoms with E-state index in [0.717, 1.165) is 25.2 Å². The van der Waals surface area contributed by atoms with Gasteiger partial charge in [-0.2, -0.15) is 5.26 Å². The molecule has 0 unspecified atom stereocenters. The van der Waals surface area contributed by atoms with Crippen LogP contribution in [0.25, 0.3) is 0 Å². The second-order valence-electron chi connectivity index (χ2n) is 4.24. The molecule has 0 fully saturated rings. The van der Waals surface area contributed by atoms with Crippen LogP contribution in [-0.4, -0.2) is 11.5 Å². The van der Waals surface area contributed by atoms with Crippen molar-refractivity contribution >= 4 is 0 Å². The predicted octanol–water partition coefficient (Wildman–Crippen LogP) is 2.11. The third kappa shape index (κ3) is 4.57. The van der Waals surface area contributed by atoms with E-state index in [9.17, 15) is 0 Å². The molecule has 0 spiro atoms. The Bertz CT molecular complexity index is 324. The quantitative estimate of drug-likeness (QED) is 0.746. The van der Waals surface area contributed by atoms with Crippen LogP contribution in [0.2, 0.25) is 0 Å². The van der Waals surface area contributed by atoms with Gasteiger partial charge in [0.2, 0.25) is 0 Å². The molecular weight excluding hydrogens is 186 g/mol. The molecule has 0 aromatic carbocycles. The average molecular weight is 203 g/mol. The smallest absolute Gasteiger partial charge is 0.0684 e. The van der Waals surface area contributed by atoms with E-state index in [4.69, 9.17) is 5.26 Å². The number of rotatable bonds is 5. The fourth-order valence-electron chi connectivity index (χ4n) is 1.18. The Morgan fingerprint density at radius 3 is 2.87 bits per heavy atom. The van der Waals surface area contributed by atoms with Gasteiger partial charge in [0, 0.05) is 12.7 Å². The molecule has 1 aromatic rings. The maximum Gasteiger partial charge on any atom is 0.0684 e. The summed E-state index contributed by atoms with van der Waals surface area (Å²) in [6.07, 6.45) is 2.65. The van der Waals surface area contributed by atoms with E-state index in [1.165, 1.54) is 0 Å². The fourth-order valence-corrected chi connectivity index (χ4v) is 1.18. The minimum Gasteiger partial charge on any atom is -0.311 e.